The van der Waals surface area contributed by atoms with Crippen molar-refractivity contribution in [1.82, 2.24) is 19.7 Å². The topological polar surface area (TPSA) is 126 Å². The highest BCUT2D eigenvalue weighted by Crippen LogP contribution is 2.16. The lowest BCUT2D eigenvalue weighted by Crippen LogP contribution is -2.27. The van der Waals surface area contributed by atoms with Crippen molar-refractivity contribution in [2.24, 2.45) is 5.84 Å². The van der Waals surface area contributed by atoms with E-state index in [1.807, 2.05) is 0 Å². The molecule has 2 rings (SSSR count). The Morgan fingerprint density at radius 3 is 2.84 bits per heavy atom. The number of sulfonamides is 1. The minimum absolute atomic E-state index is 0.0111. The van der Waals surface area contributed by atoms with Crippen molar-refractivity contribution in [3.8, 4) is 0 Å². The maximum atomic E-state index is 12.1. The number of pyridine rings is 1. The molecule has 0 bridgehead atoms. The van der Waals surface area contributed by atoms with Crippen molar-refractivity contribution in [1.29, 1.82) is 0 Å². The molecule has 2 aromatic rings. The number of imidazole rings is 1. The molecule has 0 aliphatic heterocycles. The highest BCUT2D eigenvalue weighted by Gasteiger charge is 2.18. The average molecular weight is 282 g/mol. The largest absolute Gasteiger partial charge is 0.349 e. The SMILES string of the molecule is NNc1ncccc1S(=O)(=O)NCCc1ncc[nH]1. The second-order valence-electron chi connectivity index (χ2n) is 3.68. The second kappa shape index (κ2) is 5.78. The summed E-state index contributed by atoms with van der Waals surface area (Å²) in [5.74, 6) is 6.05. The van der Waals surface area contributed by atoms with E-state index in [1.165, 1.54) is 18.3 Å². The lowest BCUT2D eigenvalue weighted by Gasteiger charge is -2.09. The summed E-state index contributed by atoms with van der Waals surface area (Å²) in [4.78, 5) is 10.8. The van der Waals surface area contributed by atoms with Gasteiger partial charge in [-0.15, -0.1) is 0 Å². The zero-order valence-electron chi connectivity index (χ0n) is 10.00. The van der Waals surface area contributed by atoms with E-state index in [0.717, 1.165) is 0 Å². The van der Waals surface area contributed by atoms with Gasteiger partial charge >= 0.3 is 0 Å². The number of anilines is 1. The minimum atomic E-state index is -3.65. The summed E-state index contributed by atoms with van der Waals surface area (Å²) in [7, 11) is -3.65. The van der Waals surface area contributed by atoms with Gasteiger partial charge in [0.1, 0.15) is 10.7 Å². The summed E-state index contributed by atoms with van der Waals surface area (Å²) in [6.07, 6.45) is 5.22. The number of nitrogens with two attached hydrogens (primary N) is 1. The third kappa shape index (κ3) is 3.28. The number of hydrogen-bond donors (Lipinski definition) is 4. The second-order valence-corrected chi connectivity index (χ2v) is 5.41. The van der Waals surface area contributed by atoms with E-state index in [1.54, 1.807) is 12.4 Å². The summed E-state index contributed by atoms with van der Waals surface area (Å²) in [5, 5.41) is 0. The molecule has 5 N–H and O–H groups in total. The van der Waals surface area contributed by atoms with E-state index in [4.69, 9.17) is 5.84 Å². The van der Waals surface area contributed by atoms with Gasteiger partial charge in [0.05, 0.1) is 0 Å². The highest BCUT2D eigenvalue weighted by atomic mass is 32.2. The Morgan fingerprint density at radius 1 is 1.32 bits per heavy atom. The number of H-pyrrole nitrogens is 1. The predicted molar refractivity (Wildman–Crippen MR) is 69.5 cm³/mol. The van der Waals surface area contributed by atoms with E-state index in [2.05, 4.69) is 25.1 Å². The van der Waals surface area contributed by atoms with Crippen LogP contribution in [0.2, 0.25) is 0 Å². The van der Waals surface area contributed by atoms with Crippen molar-refractivity contribution in [2.45, 2.75) is 11.3 Å². The molecule has 0 atom stereocenters. The first-order valence-corrected chi connectivity index (χ1v) is 7.01. The van der Waals surface area contributed by atoms with Crippen molar-refractivity contribution >= 4 is 15.8 Å². The molecule has 9 heteroatoms. The van der Waals surface area contributed by atoms with Crippen LogP contribution in [0.3, 0.4) is 0 Å². The van der Waals surface area contributed by atoms with Gasteiger partial charge in [-0.2, -0.15) is 0 Å². The first-order chi connectivity index (χ1) is 9.13. The molecule has 0 radical (unpaired) electrons. The summed E-state index contributed by atoms with van der Waals surface area (Å²) in [6, 6.07) is 2.96. The fourth-order valence-corrected chi connectivity index (χ4v) is 2.68. The van der Waals surface area contributed by atoms with E-state index >= 15 is 0 Å². The van der Waals surface area contributed by atoms with Crippen molar-refractivity contribution < 1.29 is 8.42 Å². The van der Waals surface area contributed by atoms with Crippen molar-refractivity contribution in [2.75, 3.05) is 12.0 Å². The fraction of sp³-hybridized carbons (Fsp3) is 0.200. The van der Waals surface area contributed by atoms with Crippen molar-refractivity contribution in [3.05, 3.63) is 36.5 Å². The first-order valence-electron chi connectivity index (χ1n) is 5.53. The third-order valence-corrected chi connectivity index (χ3v) is 3.90. The van der Waals surface area contributed by atoms with Crippen LogP contribution in [0.1, 0.15) is 5.82 Å². The summed E-state index contributed by atoms with van der Waals surface area (Å²) < 4.78 is 26.6. The summed E-state index contributed by atoms with van der Waals surface area (Å²) in [5.41, 5.74) is 2.26. The van der Waals surface area contributed by atoms with Crippen LogP contribution in [-0.4, -0.2) is 29.9 Å². The number of hydrazine groups is 1. The molecular weight excluding hydrogens is 268 g/mol. The van der Waals surface area contributed by atoms with E-state index in [0.29, 0.717) is 12.2 Å². The molecule has 2 aromatic heterocycles. The number of aromatic amines is 1. The van der Waals surface area contributed by atoms with Crippen LogP contribution in [0, 0.1) is 0 Å². The molecule has 0 unspecified atom stereocenters. The molecule has 0 aliphatic carbocycles. The molecule has 8 nitrogen and oxygen atoms in total. The summed E-state index contributed by atoms with van der Waals surface area (Å²) in [6.45, 7) is 0.231. The Hall–Kier alpha value is -1.97. The van der Waals surface area contributed by atoms with Gasteiger partial charge in [0, 0.05) is 31.6 Å². The van der Waals surface area contributed by atoms with E-state index in [-0.39, 0.29) is 17.3 Å². The molecular formula is C10H14N6O2S. The van der Waals surface area contributed by atoms with Crippen LogP contribution >= 0.6 is 0 Å². The van der Waals surface area contributed by atoms with E-state index in [9.17, 15) is 8.42 Å². The molecule has 0 aliphatic rings. The van der Waals surface area contributed by atoms with E-state index < -0.39 is 10.0 Å². The number of hydrogen-bond acceptors (Lipinski definition) is 6. The molecule has 0 fully saturated rings. The molecule has 19 heavy (non-hydrogen) atoms. The van der Waals surface area contributed by atoms with Gasteiger partial charge in [0.15, 0.2) is 5.82 Å². The first kappa shape index (κ1) is 13.5. The number of nitrogens with zero attached hydrogens (tertiary/aromatic N) is 2. The van der Waals surface area contributed by atoms with Crippen LogP contribution in [0.15, 0.2) is 35.6 Å². The van der Waals surface area contributed by atoms with Gasteiger partial charge in [-0.1, -0.05) is 0 Å². The number of aromatic nitrogens is 3. The zero-order valence-corrected chi connectivity index (χ0v) is 10.8. The van der Waals surface area contributed by atoms with Gasteiger partial charge in [-0.3, -0.25) is 0 Å². The Kier molecular flexibility index (Phi) is 4.10. The number of nitrogen functional groups attached to an aromatic ring is 1. The van der Waals surface area contributed by atoms with Gasteiger partial charge in [-0.25, -0.2) is 29.0 Å². The lowest BCUT2D eigenvalue weighted by molar-refractivity contribution is 0.581. The maximum Gasteiger partial charge on any atom is 0.244 e. The number of nitrogens with one attached hydrogen (secondary N) is 3. The van der Waals surface area contributed by atoms with Gasteiger partial charge in [-0.05, 0) is 12.1 Å². The quantitative estimate of drug-likeness (QED) is 0.422. The smallest absolute Gasteiger partial charge is 0.244 e. The molecule has 0 saturated heterocycles. The molecule has 0 amide bonds. The zero-order chi connectivity index (χ0) is 13.7. The Labute approximate surface area is 110 Å². The Balaban J connectivity index is 2.05. The standard InChI is InChI=1S/C10H14N6O2S/c11-16-10-8(2-1-4-14-10)19(17,18)15-5-3-9-12-6-7-13-9/h1-2,4,6-7,15H,3,5,11H2,(H,12,13)(H,14,16). The average Bonchev–Trinajstić information content (AvgIpc) is 2.91. The van der Waals surface area contributed by atoms with Crippen LogP contribution in [-0.2, 0) is 16.4 Å². The molecule has 2 heterocycles. The molecule has 0 saturated carbocycles. The molecule has 0 aromatic carbocycles. The normalized spacial score (nSPS) is 11.4. The van der Waals surface area contributed by atoms with Gasteiger partial charge in [0.2, 0.25) is 10.0 Å². The Bertz CT molecular complexity index is 625. The van der Waals surface area contributed by atoms with Crippen LogP contribution < -0.4 is 16.0 Å². The fourth-order valence-electron chi connectivity index (χ4n) is 1.53. The van der Waals surface area contributed by atoms with Crippen molar-refractivity contribution in [3.63, 3.8) is 0 Å². The molecule has 102 valence electrons. The highest BCUT2D eigenvalue weighted by molar-refractivity contribution is 7.89. The Morgan fingerprint density at radius 2 is 2.16 bits per heavy atom. The predicted octanol–water partition coefficient (Wildman–Crippen LogP) is -0.389. The lowest BCUT2D eigenvalue weighted by atomic mass is 10.4. The summed E-state index contributed by atoms with van der Waals surface area (Å²) >= 11 is 0. The van der Waals surface area contributed by atoms with Crippen LogP contribution in [0.5, 0.6) is 0 Å². The van der Waals surface area contributed by atoms with Gasteiger partial charge in [0.25, 0.3) is 0 Å². The maximum absolute atomic E-state index is 12.1. The molecule has 0 spiro atoms. The monoisotopic (exact) mass is 282 g/mol. The third-order valence-electron chi connectivity index (χ3n) is 2.41. The number of rotatable bonds is 6. The van der Waals surface area contributed by atoms with Gasteiger partial charge < -0.3 is 10.4 Å². The van der Waals surface area contributed by atoms with Crippen LogP contribution in [0.4, 0.5) is 5.82 Å². The minimum Gasteiger partial charge on any atom is -0.349 e. The van der Waals surface area contributed by atoms with Crippen LogP contribution in [0.25, 0.3) is 0 Å².